The fraction of sp³-hybridized carbons (Fsp3) is 0.222. The van der Waals surface area contributed by atoms with Crippen LogP contribution in [0, 0.1) is 0 Å². The molecule has 0 aliphatic carbocycles. The van der Waals surface area contributed by atoms with Crippen LogP contribution in [0.1, 0.15) is 20.7 Å². The molecule has 0 atom stereocenters. The summed E-state index contributed by atoms with van der Waals surface area (Å²) in [7, 11) is 1.57. The maximum atomic E-state index is 12.3. The Morgan fingerprint density at radius 1 is 1.00 bits per heavy atom. The second kappa shape index (κ2) is 7.67. The van der Waals surface area contributed by atoms with Crippen LogP contribution in [0.25, 0.3) is 0 Å². The van der Waals surface area contributed by atoms with E-state index in [4.69, 9.17) is 14.2 Å². The van der Waals surface area contributed by atoms with Gasteiger partial charge in [-0.3, -0.25) is 9.59 Å². The number of benzene rings is 2. The second-order valence-corrected chi connectivity index (χ2v) is 5.35. The highest BCUT2D eigenvalue weighted by Crippen LogP contribution is 2.34. The van der Waals surface area contributed by atoms with Crippen LogP contribution >= 0.6 is 0 Å². The van der Waals surface area contributed by atoms with E-state index in [1.165, 1.54) is 0 Å². The van der Waals surface area contributed by atoms with Crippen LogP contribution < -0.4 is 20.1 Å². The number of anilines is 1. The van der Waals surface area contributed by atoms with Crippen LogP contribution in [-0.2, 0) is 4.74 Å². The average Bonchev–Trinajstić information content (AvgIpc) is 3.09. The van der Waals surface area contributed by atoms with Crippen LogP contribution in [0.2, 0.25) is 0 Å². The molecule has 1 aliphatic rings. The van der Waals surface area contributed by atoms with E-state index in [1.54, 1.807) is 49.6 Å². The summed E-state index contributed by atoms with van der Waals surface area (Å²) in [6.45, 7) is 1.06. The molecule has 1 aliphatic heterocycles. The standard InChI is InChI=1S/C18H18N2O5/c1-23-9-8-19-17(21)12-2-4-13(5-3-12)18(22)20-14-6-7-15-16(10-14)25-11-24-15/h2-7,10H,8-9,11H2,1H3,(H,19,21)(H,20,22). The van der Waals surface area contributed by atoms with Gasteiger partial charge in [0.1, 0.15) is 0 Å². The molecular formula is C18H18N2O5. The first-order valence-corrected chi connectivity index (χ1v) is 7.75. The number of methoxy groups -OCH3 is 1. The number of carbonyl (C=O) groups is 2. The largest absolute Gasteiger partial charge is 0.454 e. The molecular weight excluding hydrogens is 324 g/mol. The maximum absolute atomic E-state index is 12.3. The van der Waals surface area contributed by atoms with Gasteiger partial charge in [0.2, 0.25) is 6.79 Å². The molecule has 2 N–H and O–H groups in total. The highest BCUT2D eigenvalue weighted by atomic mass is 16.7. The lowest BCUT2D eigenvalue weighted by Gasteiger charge is -2.08. The minimum Gasteiger partial charge on any atom is -0.454 e. The van der Waals surface area contributed by atoms with Gasteiger partial charge in [-0.25, -0.2) is 0 Å². The summed E-state index contributed by atoms with van der Waals surface area (Å²) in [4.78, 5) is 24.2. The molecule has 0 unspecified atom stereocenters. The van der Waals surface area contributed by atoms with Crippen LogP contribution in [0.15, 0.2) is 42.5 Å². The molecule has 2 aromatic rings. The van der Waals surface area contributed by atoms with Crippen molar-refractivity contribution in [3.8, 4) is 11.5 Å². The first kappa shape index (κ1) is 16.8. The molecule has 0 bridgehead atoms. The van der Waals surface area contributed by atoms with Crippen molar-refractivity contribution in [3.05, 3.63) is 53.6 Å². The number of rotatable bonds is 6. The van der Waals surface area contributed by atoms with E-state index in [0.29, 0.717) is 41.5 Å². The molecule has 0 fully saturated rings. The summed E-state index contributed by atoms with van der Waals surface area (Å²) < 4.78 is 15.4. The van der Waals surface area contributed by atoms with Crippen LogP contribution in [0.4, 0.5) is 5.69 Å². The van der Waals surface area contributed by atoms with Gasteiger partial charge in [0.15, 0.2) is 11.5 Å². The topological polar surface area (TPSA) is 85.9 Å². The van der Waals surface area contributed by atoms with E-state index in [1.807, 2.05) is 0 Å². The SMILES string of the molecule is COCCNC(=O)c1ccc(C(=O)Nc2ccc3c(c2)OCO3)cc1. The minimum absolute atomic E-state index is 0.181. The molecule has 0 aromatic heterocycles. The minimum atomic E-state index is -0.273. The number of fused-ring (bicyclic) bond motifs is 1. The molecule has 25 heavy (non-hydrogen) atoms. The zero-order chi connectivity index (χ0) is 17.6. The second-order valence-electron chi connectivity index (χ2n) is 5.35. The van der Waals surface area contributed by atoms with Crippen molar-refractivity contribution in [1.82, 2.24) is 5.32 Å². The van der Waals surface area contributed by atoms with Gasteiger partial charge >= 0.3 is 0 Å². The molecule has 0 spiro atoms. The number of amides is 2. The lowest BCUT2D eigenvalue weighted by molar-refractivity contribution is 0.0935. The zero-order valence-electron chi connectivity index (χ0n) is 13.7. The first-order chi connectivity index (χ1) is 12.2. The van der Waals surface area contributed by atoms with E-state index >= 15 is 0 Å². The van der Waals surface area contributed by atoms with Gasteiger partial charge in [-0.05, 0) is 36.4 Å². The third-order valence-electron chi connectivity index (χ3n) is 3.63. The van der Waals surface area contributed by atoms with Crippen LogP contribution in [-0.4, -0.2) is 38.9 Å². The smallest absolute Gasteiger partial charge is 0.255 e. The third-order valence-corrected chi connectivity index (χ3v) is 3.63. The predicted molar refractivity (Wildman–Crippen MR) is 91.2 cm³/mol. The van der Waals surface area contributed by atoms with Crippen molar-refractivity contribution < 1.29 is 23.8 Å². The quantitative estimate of drug-likeness (QED) is 0.785. The first-order valence-electron chi connectivity index (χ1n) is 7.75. The third kappa shape index (κ3) is 4.07. The van der Waals surface area contributed by atoms with E-state index in [2.05, 4.69) is 10.6 Å². The van der Waals surface area contributed by atoms with E-state index < -0.39 is 0 Å². The van der Waals surface area contributed by atoms with Gasteiger partial charge in [0.25, 0.3) is 11.8 Å². The van der Waals surface area contributed by atoms with Crippen molar-refractivity contribution in [3.63, 3.8) is 0 Å². The molecule has 3 rings (SSSR count). The molecule has 7 nitrogen and oxygen atoms in total. The number of hydrogen-bond donors (Lipinski definition) is 2. The van der Waals surface area contributed by atoms with Gasteiger partial charge in [0.05, 0.1) is 6.61 Å². The van der Waals surface area contributed by atoms with Crippen LogP contribution in [0.5, 0.6) is 11.5 Å². The van der Waals surface area contributed by atoms with Crippen LogP contribution in [0.3, 0.4) is 0 Å². The lowest BCUT2D eigenvalue weighted by atomic mass is 10.1. The molecule has 0 radical (unpaired) electrons. The lowest BCUT2D eigenvalue weighted by Crippen LogP contribution is -2.26. The van der Waals surface area contributed by atoms with Crippen molar-refractivity contribution in [2.24, 2.45) is 0 Å². The van der Waals surface area contributed by atoms with Gasteiger partial charge in [-0.2, -0.15) is 0 Å². The predicted octanol–water partition coefficient (Wildman–Crippen LogP) is 2.04. The highest BCUT2D eigenvalue weighted by molar-refractivity contribution is 6.05. The normalized spacial score (nSPS) is 11.9. The molecule has 2 amide bonds. The zero-order valence-corrected chi connectivity index (χ0v) is 13.7. The summed E-state index contributed by atoms with van der Waals surface area (Å²) in [5, 5.41) is 5.51. The van der Waals surface area contributed by atoms with E-state index in [-0.39, 0.29) is 18.6 Å². The fourth-order valence-electron chi connectivity index (χ4n) is 2.32. The molecule has 1 heterocycles. The number of ether oxygens (including phenoxy) is 3. The Morgan fingerprint density at radius 3 is 2.40 bits per heavy atom. The summed E-state index contributed by atoms with van der Waals surface area (Å²) in [5.74, 6) is 0.771. The van der Waals surface area contributed by atoms with Crippen molar-refractivity contribution >= 4 is 17.5 Å². The Balaban J connectivity index is 1.61. The van der Waals surface area contributed by atoms with Crippen molar-refractivity contribution in [2.45, 2.75) is 0 Å². The summed E-state index contributed by atoms with van der Waals surface area (Å²) in [5.41, 5.74) is 1.54. The Hall–Kier alpha value is -3.06. The Labute approximate surface area is 144 Å². The van der Waals surface area contributed by atoms with Crippen molar-refractivity contribution in [1.29, 1.82) is 0 Å². The number of hydrogen-bond acceptors (Lipinski definition) is 5. The van der Waals surface area contributed by atoms with E-state index in [0.717, 1.165) is 0 Å². The van der Waals surface area contributed by atoms with Crippen molar-refractivity contribution in [2.75, 3.05) is 32.4 Å². The average molecular weight is 342 g/mol. The fourth-order valence-corrected chi connectivity index (χ4v) is 2.32. The number of carbonyl (C=O) groups excluding carboxylic acids is 2. The van der Waals surface area contributed by atoms with Gasteiger partial charge in [-0.15, -0.1) is 0 Å². The van der Waals surface area contributed by atoms with E-state index in [9.17, 15) is 9.59 Å². The van der Waals surface area contributed by atoms with Gasteiger partial charge in [-0.1, -0.05) is 0 Å². The monoisotopic (exact) mass is 342 g/mol. The molecule has 7 heteroatoms. The summed E-state index contributed by atoms with van der Waals surface area (Å²) in [6, 6.07) is 11.6. The number of nitrogens with one attached hydrogen (secondary N) is 2. The molecule has 2 aromatic carbocycles. The molecule has 0 saturated carbocycles. The summed E-state index contributed by atoms with van der Waals surface area (Å²) >= 11 is 0. The van der Waals surface area contributed by atoms with Gasteiger partial charge < -0.3 is 24.8 Å². The molecule has 130 valence electrons. The Morgan fingerprint density at radius 2 is 1.68 bits per heavy atom. The molecule has 0 saturated heterocycles. The Kier molecular flexibility index (Phi) is 5.15. The Bertz CT molecular complexity index is 774. The summed E-state index contributed by atoms with van der Waals surface area (Å²) in [6.07, 6.45) is 0. The highest BCUT2D eigenvalue weighted by Gasteiger charge is 2.15. The maximum Gasteiger partial charge on any atom is 0.255 e. The van der Waals surface area contributed by atoms with Gasteiger partial charge in [0, 0.05) is 36.5 Å².